The summed E-state index contributed by atoms with van der Waals surface area (Å²) < 4.78 is 0. The van der Waals surface area contributed by atoms with E-state index in [9.17, 15) is 4.79 Å². The molecular weight excluding hydrogens is 310 g/mol. The number of rotatable bonds is 3. The van der Waals surface area contributed by atoms with Crippen molar-refractivity contribution in [3.8, 4) is 0 Å². The van der Waals surface area contributed by atoms with Crippen molar-refractivity contribution in [2.45, 2.75) is 44.6 Å². The lowest BCUT2D eigenvalue weighted by molar-refractivity contribution is -0.134. The molecule has 3 heterocycles. The predicted octanol–water partition coefficient (Wildman–Crippen LogP) is 4.86. The van der Waals surface area contributed by atoms with E-state index >= 15 is 0 Å². The third kappa shape index (κ3) is 2.63. The molecule has 1 fully saturated rings. The molecule has 0 unspecified atom stereocenters. The number of hydrogen-bond donors (Lipinski definition) is 0. The van der Waals surface area contributed by atoms with E-state index in [-0.39, 0.29) is 6.04 Å². The van der Waals surface area contributed by atoms with Crippen LogP contribution in [0.3, 0.4) is 0 Å². The fourth-order valence-corrected chi connectivity index (χ4v) is 5.68. The van der Waals surface area contributed by atoms with Crippen LogP contribution in [0.25, 0.3) is 0 Å². The highest BCUT2D eigenvalue weighted by Crippen LogP contribution is 2.40. The molecule has 0 saturated heterocycles. The highest BCUT2D eigenvalue weighted by Gasteiger charge is 2.34. The van der Waals surface area contributed by atoms with Crippen molar-refractivity contribution in [2.24, 2.45) is 5.92 Å². The van der Waals surface area contributed by atoms with E-state index in [0.717, 1.165) is 19.4 Å². The SMILES string of the molecule is O=C(CC1CCCC1)N1CCc2sccc2[C@H]1c1cccs1. The number of fused-ring (bicyclic) bond motifs is 1. The highest BCUT2D eigenvalue weighted by atomic mass is 32.1. The standard InChI is InChI=1S/C18H21NOS2/c20-17(12-13-4-1-2-5-13)19-9-7-15-14(8-11-22-15)18(19)16-6-3-10-21-16/h3,6,8,10-11,13,18H,1-2,4-5,7,9,12H2/t18-/m0/s1. The van der Waals surface area contributed by atoms with Crippen LogP contribution < -0.4 is 0 Å². The maximum absolute atomic E-state index is 12.9. The summed E-state index contributed by atoms with van der Waals surface area (Å²) in [4.78, 5) is 17.8. The summed E-state index contributed by atoms with van der Waals surface area (Å²) in [5.74, 6) is 0.988. The smallest absolute Gasteiger partial charge is 0.223 e. The fraction of sp³-hybridized carbons (Fsp3) is 0.500. The summed E-state index contributed by atoms with van der Waals surface area (Å²) in [7, 11) is 0. The van der Waals surface area contributed by atoms with Crippen molar-refractivity contribution in [2.75, 3.05) is 6.54 Å². The molecule has 1 saturated carbocycles. The predicted molar refractivity (Wildman–Crippen MR) is 92.5 cm³/mol. The van der Waals surface area contributed by atoms with Gasteiger partial charge in [0.1, 0.15) is 0 Å². The van der Waals surface area contributed by atoms with Crippen LogP contribution >= 0.6 is 22.7 Å². The summed E-state index contributed by atoms with van der Waals surface area (Å²) in [5.41, 5.74) is 1.36. The Morgan fingerprint density at radius 2 is 2.05 bits per heavy atom. The molecular formula is C18H21NOS2. The first-order valence-corrected chi connectivity index (χ1v) is 9.98. The van der Waals surface area contributed by atoms with Gasteiger partial charge in [0.25, 0.3) is 0 Å². The molecule has 2 aromatic rings. The van der Waals surface area contributed by atoms with Crippen molar-refractivity contribution in [1.29, 1.82) is 0 Å². The summed E-state index contributed by atoms with van der Waals surface area (Å²) in [6.45, 7) is 0.877. The lowest BCUT2D eigenvalue weighted by Crippen LogP contribution is -2.40. The zero-order valence-electron chi connectivity index (χ0n) is 12.7. The van der Waals surface area contributed by atoms with Gasteiger partial charge in [0.15, 0.2) is 0 Å². The van der Waals surface area contributed by atoms with Crippen molar-refractivity contribution in [1.82, 2.24) is 4.90 Å². The van der Waals surface area contributed by atoms with Crippen LogP contribution in [0.4, 0.5) is 0 Å². The van der Waals surface area contributed by atoms with Gasteiger partial charge in [-0.25, -0.2) is 0 Å². The van der Waals surface area contributed by atoms with Crippen molar-refractivity contribution in [3.05, 3.63) is 44.3 Å². The average Bonchev–Trinajstić information content (AvgIpc) is 3.27. The number of hydrogen-bond acceptors (Lipinski definition) is 3. The molecule has 1 aliphatic heterocycles. The van der Waals surface area contributed by atoms with Crippen molar-refractivity contribution in [3.63, 3.8) is 0 Å². The van der Waals surface area contributed by atoms with Crippen LogP contribution in [0, 0.1) is 5.92 Å². The molecule has 2 aromatic heterocycles. The van der Waals surface area contributed by atoms with Crippen LogP contribution in [0.5, 0.6) is 0 Å². The van der Waals surface area contributed by atoms with Crippen LogP contribution in [-0.2, 0) is 11.2 Å². The van der Waals surface area contributed by atoms with Gasteiger partial charge < -0.3 is 4.90 Å². The Morgan fingerprint density at radius 3 is 2.82 bits per heavy atom. The second-order valence-corrected chi connectivity index (χ2v) is 8.39. The molecule has 4 rings (SSSR count). The molecule has 0 aromatic carbocycles. The molecule has 116 valence electrons. The third-order valence-electron chi connectivity index (χ3n) is 5.04. The second kappa shape index (κ2) is 6.17. The van der Waals surface area contributed by atoms with Gasteiger partial charge in [0.05, 0.1) is 6.04 Å². The summed E-state index contributed by atoms with van der Waals surface area (Å²) in [6.07, 6.45) is 6.87. The zero-order valence-corrected chi connectivity index (χ0v) is 14.3. The molecule has 1 aliphatic carbocycles. The van der Waals surface area contributed by atoms with Gasteiger partial charge >= 0.3 is 0 Å². The van der Waals surface area contributed by atoms with E-state index in [4.69, 9.17) is 0 Å². The minimum atomic E-state index is 0.156. The van der Waals surface area contributed by atoms with Gasteiger partial charge in [0.2, 0.25) is 5.91 Å². The Morgan fingerprint density at radius 1 is 1.18 bits per heavy atom. The highest BCUT2D eigenvalue weighted by molar-refractivity contribution is 7.10. The van der Waals surface area contributed by atoms with Gasteiger partial charge in [0, 0.05) is 22.7 Å². The summed E-state index contributed by atoms with van der Waals surface area (Å²) >= 11 is 3.61. The molecule has 1 amide bonds. The normalized spacial score (nSPS) is 22.0. The van der Waals surface area contributed by atoms with Crippen molar-refractivity contribution >= 4 is 28.6 Å². The molecule has 0 bridgehead atoms. The second-order valence-electron chi connectivity index (χ2n) is 6.41. The number of nitrogens with zero attached hydrogens (tertiary/aromatic N) is 1. The summed E-state index contributed by atoms with van der Waals surface area (Å²) in [5, 5.41) is 4.30. The number of carbonyl (C=O) groups is 1. The molecule has 0 radical (unpaired) electrons. The van der Waals surface area contributed by atoms with Crippen LogP contribution in [0.2, 0.25) is 0 Å². The first-order valence-electron chi connectivity index (χ1n) is 8.22. The minimum absolute atomic E-state index is 0.156. The first-order chi connectivity index (χ1) is 10.8. The quantitative estimate of drug-likeness (QED) is 0.786. The Balaban J connectivity index is 1.61. The average molecular weight is 332 g/mol. The topological polar surface area (TPSA) is 20.3 Å². The molecule has 0 spiro atoms. The molecule has 0 N–H and O–H groups in total. The van der Waals surface area contributed by atoms with Crippen molar-refractivity contribution < 1.29 is 4.79 Å². The lowest BCUT2D eigenvalue weighted by Gasteiger charge is -2.36. The number of thiophene rings is 2. The largest absolute Gasteiger partial charge is 0.330 e. The third-order valence-corrected chi connectivity index (χ3v) is 6.96. The Bertz CT molecular complexity index is 640. The van der Waals surface area contributed by atoms with Gasteiger partial charge in [-0.2, -0.15) is 0 Å². The molecule has 4 heteroatoms. The van der Waals surface area contributed by atoms with E-state index < -0.39 is 0 Å². The van der Waals surface area contributed by atoms with Gasteiger partial charge in [-0.1, -0.05) is 18.9 Å². The van der Waals surface area contributed by atoms with Gasteiger partial charge in [-0.15, -0.1) is 22.7 Å². The van der Waals surface area contributed by atoms with Crippen LogP contribution in [0.15, 0.2) is 29.0 Å². The molecule has 2 nitrogen and oxygen atoms in total. The van der Waals surface area contributed by atoms with Gasteiger partial charge in [-0.05, 0) is 53.6 Å². The van der Waals surface area contributed by atoms with Crippen LogP contribution in [-0.4, -0.2) is 17.4 Å². The Kier molecular flexibility index (Phi) is 4.05. The Hall–Kier alpha value is -1.13. The van der Waals surface area contributed by atoms with Crippen LogP contribution in [0.1, 0.15) is 53.5 Å². The van der Waals surface area contributed by atoms with E-state index in [1.54, 1.807) is 11.3 Å². The maximum atomic E-state index is 12.9. The maximum Gasteiger partial charge on any atom is 0.223 e. The molecule has 2 aliphatic rings. The summed E-state index contributed by atoms with van der Waals surface area (Å²) in [6, 6.07) is 6.65. The fourth-order valence-electron chi connectivity index (χ4n) is 3.92. The van der Waals surface area contributed by atoms with E-state index in [2.05, 4.69) is 33.9 Å². The van der Waals surface area contributed by atoms with Gasteiger partial charge in [-0.3, -0.25) is 4.79 Å². The van der Waals surface area contributed by atoms with E-state index in [0.29, 0.717) is 11.8 Å². The minimum Gasteiger partial charge on any atom is -0.330 e. The van der Waals surface area contributed by atoms with E-state index in [1.165, 1.54) is 41.0 Å². The number of carbonyl (C=O) groups excluding carboxylic acids is 1. The Labute approximate surface area is 139 Å². The molecule has 22 heavy (non-hydrogen) atoms. The first kappa shape index (κ1) is 14.5. The molecule has 1 atom stereocenters. The monoisotopic (exact) mass is 331 g/mol. The van der Waals surface area contributed by atoms with E-state index in [1.807, 2.05) is 11.3 Å². The zero-order chi connectivity index (χ0) is 14.9. The lowest BCUT2D eigenvalue weighted by atomic mass is 9.96. The number of amides is 1.